The number of hydrogen-bond donors (Lipinski definition) is 2. The molecule has 2 heterocycles. The molecule has 25 heavy (non-hydrogen) atoms. The van der Waals surface area contributed by atoms with E-state index in [0.717, 1.165) is 57.9 Å². The van der Waals surface area contributed by atoms with E-state index >= 15 is 0 Å². The van der Waals surface area contributed by atoms with E-state index in [4.69, 9.17) is 0 Å². The summed E-state index contributed by atoms with van der Waals surface area (Å²) in [6.45, 7) is 6.89. The fraction of sp³-hybridized carbons (Fsp3) is 0.895. The van der Waals surface area contributed by atoms with Crippen molar-refractivity contribution in [2.24, 2.45) is 5.92 Å². The molecule has 1 saturated carbocycles. The lowest BCUT2D eigenvalue weighted by Crippen LogP contribution is -2.52. The second-order valence-electron chi connectivity index (χ2n) is 8.19. The quantitative estimate of drug-likeness (QED) is 0.775. The first kappa shape index (κ1) is 18.6. The van der Waals surface area contributed by atoms with Gasteiger partial charge in [0, 0.05) is 44.7 Å². The van der Waals surface area contributed by atoms with Gasteiger partial charge in [-0.2, -0.15) is 0 Å². The molecule has 142 valence electrons. The van der Waals surface area contributed by atoms with Crippen molar-refractivity contribution >= 4 is 11.8 Å². The van der Waals surface area contributed by atoms with Crippen LogP contribution in [0.4, 0.5) is 0 Å². The highest BCUT2D eigenvalue weighted by Gasteiger charge is 2.26. The summed E-state index contributed by atoms with van der Waals surface area (Å²) < 4.78 is 0. The smallest absolute Gasteiger partial charge is 0.234 e. The van der Waals surface area contributed by atoms with Gasteiger partial charge in [0.2, 0.25) is 11.8 Å². The number of nitrogens with one attached hydrogen (secondary N) is 2. The second-order valence-corrected chi connectivity index (χ2v) is 8.19. The van der Waals surface area contributed by atoms with E-state index in [1.807, 2.05) is 4.90 Å². The van der Waals surface area contributed by atoms with E-state index in [9.17, 15) is 9.59 Å². The Balaban J connectivity index is 1.34. The van der Waals surface area contributed by atoms with Crippen LogP contribution in [0.25, 0.3) is 0 Å². The highest BCUT2D eigenvalue weighted by Crippen LogP contribution is 2.23. The van der Waals surface area contributed by atoms with E-state index in [2.05, 4.69) is 22.5 Å². The largest absolute Gasteiger partial charge is 0.352 e. The predicted octanol–water partition coefficient (Wildman–Crippen LogP) is 0.968. The summed E-state index contributed by atoms with van der Waals surface area (Å²) in [7, 11) is 0. The second kappa shape index (κ2) is 8.99. The molecule has 0 bridgehead atoms. The van der Waals surface area contributed by atoms with Crippen molar-refractivity contribution in [2.45, 2.75) is 64.0 Å². The normalized spacial score (nSPS) is 31.1. The van der Waals surface area contributed by atoms with Crippen LogP contribution in [0.2, 0.25) is 0 Å². The zero-order valence-electron chi connectivity index (χ0n) is 15.6. The van der Waals surface area contributed by atoms with Crippen molar-refractivity contribution in [1.29, 1.82) is 0 Å². The Kier molecular flexibility index (Phi) is 6.70. The Labute approximate surface area is 151 Å². The van der Waals surface area contributed by atoms with E-state index in [1.165, 1.54) is 19.3 Å². The molecular formula is C19H34N4O2. The number of nitrogens with zero attached hydrogens (tertiary/aromatic N) is 2. The maximum atomic E-state index is 12.4. The van der Waals surface area contributed by atoms with Gasteiger partial charge in [0.15, 0.2) is 0 Å². The summed E-state index contributed by atoms with van der Waals surface area (Å²) in [6, 6.07) is 0.729. The van der Waals surface area contributed by atoms with Crippen molar-refractivity contribution in [3.63, 3.8) is 0 Å². The molecule has 0 aromatic carbocycles. The molecule has 0 radical (unpaired) electrons. The lowest BCUT2D eigenvalue weighted by molar-refractivity contribution is -0.133. The number of carbonyl (C=O) groups is 2. The van der Waals surface area contributed by atoms with Gasteiger partial charge in [0.25, 0.3) is 0 Å². The van der Waals surface area contributed by atoms with Crippen LogP contribution in [0.5, 0.6) is 0 Å². The average Bonchev–Trinajstić information content (AvgIpc) is 3.08. The summed E-state index contributed by atoms with van der Waals surface area (Å²) >= 11 is 0. The first-order valence-corrected chi connectivity index (χ1v) is 10.1. The SMILES string of the molecule is CC1CCCC(NC(=O)CN2CCN(C(=O)CC3CCCN3)CC2)C1. The number of rotatable bonds is 5. The first-order chi connectivity index (χ1) is 12.1. The molecule has 3 unspecified atom stereocenters. The molecule has 2 N–H and O–H groups in total. The lowest BCUT2D eigenvalue weighted by Gasteiger charge is -2.35. The zero-order valence-corrected chi connectivity index (χ0v) is 15.6. The standard InChI is InChI=1S/C19H34N4O2/c1-15-4-2-5-17(12-15)21-18(24)14-22-8-10-23(11-9-22)19(25)13-16-6-3-7-20-16/h15-17,20H,2-14H2,1H3,(H,21,24). The van der Waals surface area contributed by atoms with Gasteiger partial charge in [0.1, 0.15) is 0 Å². The molecule has 2 aliphatic heterocycles. The van der Waals surface area contributed by atoms with Gasteiger partial charge in [-0.05, 0) is 38.1 Å². The van der Waals surface area contributed by atoms with Crippen molar-refractivity contribution in [3.8, 4) is 0 Å². The Bertz CT molecular complexity index is 456. The Morgan fingerprint density at radius 2 is 1.88 bits per heavy atom. The van der Waals surface area contributed by atoms with Gasteiger partial charge in [-0.25, -0.2) is 0 Å². The minimum atomic E-state index is 0.147. The number of piperazine rings is 1. The third-order valence-corrected chi connectivity index (χ3v) is 5.98. The Morgan fingerprint density at radius 1 is 1.08 bits per heavy atom. The molecule has 6 heteroatoms. The maximum absolute atomic E-state index is 12.4. The topological polar surface area (TPSA) is 64.7 Å². The summed E-state index contributed by atoms with van der Waals surface area (Å²) in [4.78, 5) is 28.8. The van der Waals surface area contributed by atoms with Crippen molar-refractivity contribution < 1.29 is 9.59 Å². The summed E-state index contributed by atoms with van der Waals surface area (Å²) in [5, 5.41) is 6.60. The number of hydrogen-bond acceptors (Lipinski definition) is 4. The molecule has 2 amide bonds. The Morgan fingerprint density at radius 3 is 2.56 bits per heavy atom. The highest BCUT2D eigenvalue weighted by molar-refractivity contribution is 5.79. The van der Waals surface area contributed by atoms with Gasteiger partial charge in [0.05, 0.1) is 6.54 Å². The average molecular weight is 351 g/mol. The number of carbonyl (C=O) groups excluding carboxylic acids is 2. The van der Waals surface area contributed by atoms with Crippen LogP contribution in [-0.4, -0.2) is 73.0 Å². The van der Waals surface area contributed by atoms with Gasteiger partial charge in [-0.15, -0.1) is 0 Å². The van der Waals surface area contributed by atoms with E-state index in [0.29, 0.717) is 25.0 Å². The van der Waals surface area contributed by atoms with Crippen LogP contribution in [0.3, 0.4) is 0 Å². The first-order valence-electron chi connectivity index (χ1n) is 10.1. The third kappa shape index (κ3) is 5.68. The van der Waals surface area contributed by atoms with Gasteiger partial charge in [-0.1, -0.05) is 19.8 Å². The van der Waals surface area contributed by atoms with E-state index in [1.54, 1.807) is 0 Å². The molecule has 2 saturated heterocycles. The minimum Gasteiger partial charge on any atom is -0.352 e. The molecule has 6 nitrogen and oxygen atoms in total. The summed E-state index contributed by atoms with van der Waals surface area (Å²) in [5.41, 5.74) is 0. The molecule has 0 aromatic heterocycles. The fourth-order valence-corrected chi connectivity index (χ4v) is 4.47. The molecular weight excluding hydrogens is 316 g/mol. The van der Waals surface area contributed by atoms with E-state index < -0.39 is 0 Å². The van der Waals surface area contributed by atoms with Crippen molar-refractivity contribution in [3.05, 3.63) is 0 Å². The molecule has 1 aliphatic carbocycles. The summed E-state index contributed by atoms with van der Waals surface area (Å²) in [6.07, 6.45) is 7.67. The molecule has 3 atom stereocenters. The molecule has 0 spiro atoms. The lowest BCUT2D eigenvalue weighted by atomic mass is 9.87. The van der Waals surface area contributed by atoms with Crippen LogP contribution in [-0.2, 0) is 9.59 Å². The Hall–Kier alpha value is -1.14. The predicted molar refractivity (Wildman–Crippen MR) is 98.2 cm³/mol. The van der Waals surface area contributed by atoms with Crippen LogP contribution in [0, 0.1) is 5.92 Å². The van der Waals surface area contributed by atoms with Crippen molar-refractivity contribution in [1.82, 2.24) is 20.4 Å². The molecule has 3 fully saturated rings. The maximum Gasteiger partial charge on any atom is 0.234 e. The molecule has 0 aromatic rings. The van der Waals surface area contributed by atoms with Crippen LogP contribution >= 0.6 is 0 Å². The zero-order chi connectivity index (χ0) is 17.6. The monoisotopic (exact) mass is 350 g/mol. The highest BCUT2D eigenvalue weighted by atomic mass is 16.2. The third-order valence-electron chi connectivity index (χ3n) is 5.98. The fourth-order valence-electron chi connectivity index (χ4n) is 4.47. The molecule has 3 aliphatic rings. The van der Waals surface area contributed by atoms with Crippen LogP contribution < -0.4 is 10.6 Å². The van der Waals surface area contributed by atoms with Gasteiger partial charge < -0.3 is 15.5 Å². The van der Waals surface area contributed by atoms with Crippen LogP contribution in [0.1, 0.15) is 51.9 Å². The molecule has 3 rings (SSSR count). The van der Waals surface area contributed by atoms with E-state index in [-0.39, 0.29) is 11.8 Å². The number of amides is 2. The van der Waals surface area contributed by atoms with Crippen molar-refractivity contribution in [2.75, 3.05) is 39.3 Å². The minimum absolute atomic E-state index is 0.147. The van der Waals surface area contributed by atoms with Crippen LogP contribution in [0.15, 0.2) is 0 Å². The summed E-state index contributed by atoms with van der Waals surface area (Å²) in [5.74, 6) is 1.14. The van der Waals surface area contributed by atoms with Gasteiger partial charge >= 0.3 is 0 Å². The van der Waals surface area contributed by atoms with Gasteiger partial charge in [-0.3, -0.25) is 14.5 Å².